The number of nitro groups is 1. The van der Waals surface area contributed by atoms with Crippen LogP contribution in [-0.4, -0.2) is 42.3 Å². The molecule has 0 radical (unpaired) electrons. The Balaban J connectivity index is 2.65. The zero-order valence-electron chi connectivity index (χ0n) is 9.97. The van der Waals surface area contributed by atoms with Gasteiger partial charge in [0, 0.05) is 17.6 Å². The molecule has 0 aliphatic rings. The molecule has 1 aromatic carbocycles. The van der Waals surface area contributed by atoms with Crippen LogP contribution in [0.1, 0.15) is 10.4 Å². The van der Waals surface area contributed by atoms with Crippen LogP contribution in [0.2, 0.25) is 5.02 Å². The van der Waals surface area contributed by atoms with Crippen molar-refractivity contribution in [3.05, 3.63) is 38.9 Å². The fourth-order valence-corrected chi connectivity index (χ4v) is 1.52. The quantitative estimate of drug-likeness (QED) is 0.442. The van der Waals surface area contributed by atoms with E-state index in [0.29, 0.717) is 0 Å². The van der Waals surface area contributed by atoms with Gasteiger partial charge in [0.25, 0.3) is 11.6 Å². The van der Waals surface area contributed by atoms with Gasteiger partial charge in [0.2, 0.25) is 0 Å². The lowest BCUT2D eigenvalue weighted by Crippen LogP contribution is -2.28. The van der Waals surface area contributed by atoms with Crippen molar-refractivity contribution in [3.63, 3.8) is 0 Å². The number of amides is 1. The zero-order valence-corrected chi connectivity index (χ0v) is 10.7. The van der Waals surface area contributed by atoms with Gasteiger partial charge in [-0.05, 0) is 12.1 Å². The molecule has 0 fully saturated rings. The number of rotatable bonds is 7. The molecule has 104 valence electrons. The topological polar surface area (TPSA) is 102 Å². The van der Waals surface area contributed by atoms with E-state index in [4.69, 9.17) is 21.4 Å². The van der Waals surface area contributed by atoms with Gasteiger partial charge in [-0.25, -0.2) is 0 Å². The highest BCUT2D eigenvalue weighted by Crippen LogP contribution is 2.22. The lowest BCUT2D eigenvalue weighted by atomic mass is 10.1. The number of halogens is 1. The van der Waals surface area contributed by atoms with Crippen molar-refractivity contribution in [2.75, 3.05) is 26.4 Å². The summed E-state index contributed by atoms with van der Waals surface area (Å²) < 4.78 is 4.95. The first-order valence-electron chi connectivity index (χ1n) is 5.47. The number of hydrogen-bond acceptors (Lipinski definition) is 5. The molecule has 0 bridgehead atoms. The zero-order chi connectivity index (χ0) is 14.3. The fraction of sp³-hybridized carbons (Fsp3) is 0.364. The number of carbonyl (C=O) groups excluding carboxylic acids is 1. The second-order valence-corrected chi connectivity index (χ2v) is 3.95. The monoisotopic (exact) mass is 288 g/mol. The molecule has 7 nitrogen and oxygen atoms in total. The van der Waals surface area contributed by atoms with Gasteiger partial charge >= 0.3 is 0 Å². The Morgan fingerprint density at radius 3 is 2.84 bits per heavy atom. The summed E-state index contributed by atoms with van der Waals surface area (Å²) >= 11 is 5.71. The molecule has 19 heavy (non-hydrogen) atoms. The maximum atomic E-state index is 11.8. The molecule has 1 rings (SSSR count). The van der Waals surface area contributed by atoms with Gasteiger partial charge in [-0.2, -0.15) is 0 Å². The molecule has 0 saturated heterocycles. The third-order valence-electron chi connectivity index (χ3n) is 2.17. The van der Waals surface area contributed by atoms with Crippen LogP contribution >= 0.6 is 11.6 Å². The maximum Gasteiger partial charge on any atom is 0.282 e. The van der Waals surface area contributed by atoms with Crippen molar-refractivity contribution in [1.29, 1.82) is 0 Å². The number of nitrogens with zero attached hydrogens (tertiary/aromatic N) is 1. The Morgan fingerprint density at radius 1 is 1.47 bits per heavy atom. The van der Waals surface area contributed by atoms with Crippen LogP contribution in [0, 0.1) is 10.1 Å². The number of carbonyl (C=O) groups is 1. The smallest absolute Gasteiger partial charge is 0.282 e. The molecular formula is C11H13ClN2O5. The van der Waals surface area contributed by atoms with Crippen LogP contribution in [0.3, 0.4) is 0 Å². The van der Waals surface area contributed by atoms with E-state index in [1.807, 2.05) is 0 Å². The SMILES string of the molecule is O=C(NCCOCCO)c1cc(Cl)ccc1[N+](=O)[O-]. The van der Waals surface area contributed by atoms with Gasteiger partial charge in [-0.3, -0.25) is 14.9 Å². The molecule has 0 atom stereocenters. The summed E-state index contributed by atoms with van der Waals surface area (Å²) in [5.74, 6) is -0.596. The molecular weight excluding hydrogens is 276 g/mol. The third-order valence-corrected chi connectivity index (χ3v) is 2.40. The molecule has 0 aliphatic carbocycles. The predicted octanol–water partition coefficient (Wildman–Crippen LogP) is 0.987. The Hall–Kier alpha value is -1.70. The first-order valence-corrected chi connectivity index (χ1v) is 5.84. The van der Waals surface area contributed by atoms with Crippen LogP contribution < -0.4 is 5.32 Å². The first kappa shape index (κ1) is 15.4. The average Bonchev–Trinajstić information content (AvgIpc) is 2.37. The van der Waals surface area contributed by atoms with E-state index in [-0.39, 0.29) is 42.6 Å². The normalized spacial score (nSPS) is 10.2. The average molecular weight is 289 g/mol. The minimum Gasteiger partial charge on any atom is -0.394 e. The predicted molar refractivity (Wildman–Crippen MR) is 68.3 cm³/mol. The number of hydrogen-bond donors (Lipinski definition) is 2. The number of ether oxygens (including phenoxy) is 1. The van der Waals surface area contributed by atoms with Crippen molar-refractivity contribution >= 4 is 23.2 Å². The minimum absolute atomic E-state index is 0.0975. The van der Waals surface area contributed by atoms with E-state index in [2.05, 4.69) is 5.32 Å². The molecule has 0 aromatic heterocycles. The van der Waals surface area contributed by atoms with E-state index in [9.17, 15) is 14.9 Å². The molecule has 1 amide bonds. The lowest BCUT2D eigenvalue weighted by Gasteiger charge is -2.06. The molecule has 0 unspecified atom stereocenters. The second-order valence-electron chi connectivity index (χ2n) is 3.51. The maximum absolute atomic E-state index is 11.8. The number of aliphatic hydroxyl groups is 1. The van der Waals surface area contributed by atoms with Crippen LogP contribution in [-0.2, 0) is 4.74 Å². The van der Waals surface area contributed by atoms with E-state index in [1.165, 1.54) is 18.2 Å². The largest absolute Gasteiger partial charge is 0.394 e. The number of aliphatic hydroxyl groups excluding tert-OH is 1. The van der Waals surface area contributed by atoms with E-state index >= 15 is 0 Å². The van der Waals surface area contributed by atoms with Crippen molar-refractivity contribution in [2.45, 2.75) is 0 Å². The molecule has 0 heterocycles. The summed E-state index contributed by atoms with van der Waals surface area (Å²) in [7, 11) is 0. The summed E-state index contributed by atoms with van der Waals surface area (Å²) in [4.78, 5) is 21.9. The van der Waals surface area contributed by atoms with Gasteiger partial charge in [-0.1, -0.05) is 11.6 Å². The number of nitro benzene ring substituents is 1. The molecule has 1 aromatic rings. The summed E-state index contributed by atoms with van der Waals surface area (Å²) in [6.45, 7) is 0.462. The van der Waals surface area contributed by atoms with Gasteiger partial charge in [-0.15, -0.1) is 0 Å². The first-order chi connectivity index (χ1) is 9.06. The minimum atomic E-state index is -0.645. The number of benzene rings is 1. The molecule has 0 spiro atoms. The van der Waals surface area contributed by atoms with Crippen molar-refractivity contribution in [2.24, 2.45) is 0 Å². The van der Waals surface area contributed by atoms with Crippen LogP contribution in [0.5, 0.6) is 0 Å². The summed E-state index contributed by atoms with van der Waals surface area (Å²) in [5, 5.41) is 22.0. The number of nitrogens with one attached hydrogen (secondary N) is 1. The molecule has 2 N–H and O–H groups in total. The second kappa shape index (κ2) is 7.67. The third kappa shape index (κ3) is 4.82. The standard InChI is InChI=1S/C11H13ClN2O5/c12-8-1-2-10(14(17)18)9(7-8)11(16)13-3-5-19-6-4-15/h1-2,7,15H,3-6H2,(H,13,16). The Labute approximate surface area is 114 Å². The molecule has 0 aliphatic heterocycles. The van der Waals surface area contributed by atoms with Crippen molar-refractivity contribution in [1.82, 2.24) is 5.32 Å². The molecule has 0 saturated carbocycles. The van der Waals surface area contributed by atoms with Crippen molar-refractivity contribution < 1.29 is 19.6 Å². The Kier molecular flexibility index (Phi) is 6.20. The Morgan fingerprint density at radius 2 is 2.21 bits per heavy atom. The highest BCUT2D eigenvalue weighted by Gasteiger charge is 2.19. The summed E-state index contributed by atoms with van der Waals surface area (Å²) in [6.07, 6.45) is 0. The van der Waals surface area contributed by atoms with E-state index in [1.54, 1.807) is 0 Å². The van der Waals surface area contributed by atoms with Crippen LogP contribution in [0.25, 0.3) is 0 Å². The van der Waals surface area contributed by atoms with Crippen molar-refractivity contribution in [3.8, 4) is 0 Å². The van der Waals surface area contributed by atoms with E-state index in [0.717, 1.165) is 0 Å². The lowest BCUT2D eigenvalue weighted by molar-refractivity contribution is -0.385. The summed E-state index contributed by atoms with van der Waals surface area (Å²) in [6, 6.07) is 3.77. The molecule has 8 heteroatoms. The van der Waals surface area contributed by atoms with Crippen LogP contribution in [0.15, 0.2) is 18.2 Å². The van der Waals surface area contributed by atoms with Gasteiger partial charge in [0.15, 0.2) is 0 Å². The fourth-order valence-electron chi connectivity index (χ4n) is 1.35. The van der Waals surface area contributed by atoms with Gasteiger partial charge in [0.05, 0.1) is 24.7 Å². The van der Waals surface area contributed by atoms with Gasteiger partial charge < -0.3 is 15.2 Å². The highest BCUT2D eigenvalue weighted by atomic mass is 35.5. The van der Waals surface area contributed by atoms with Gasteiger partial charge in [0.1, 0.15) is 5.56 Å². The van der Waals surface area contributed by atoms with E-state index < -0.39 is 10.8 Å². The highest BCUT2D eigenvalue weighted by molar-refractivity contribution is 6.31. The Bertz CT molecular complexity index is 466. The van der Waals surface area contributed by atoms with Crippen LogP contribution in [0.4, 0.5) is 5.69 Å². The summed E-state index contributed by atoms with van der Waals surface area (Å²) in [5.41, 5.74) is -0.405.